The Hall–Kier alpha value is -2.48. The summed E-state index contributed by atoms with van der Waals surface area (Å²) in [5.41, 5.74) is 2.33. The van der Waals surface area contributed by atoms with Gasteiger partial charge in [0.15, 0.2) is 0 Å². The first-order chi connectivity index (χ1) is 9.66. The molecular formula is C18H16O2. The number of ether oxygens (including phenoxy) is 1. The van der Waals surface area contributed by atoms with Crippen LogP contribution < -0.4 is 4.74 Å². The van der Waals surface area contributed by atoms with Gasteiger partial charge in [-0.3, -0.25) is 0 Å². The molecule has 0 aromatic heterocycles. The SMILES string of the molecule is Cc1cccc(Oc2cccc3c(O)cccc23)c1C. The molecule has 0 heterocycles. The van der Waals surface area contributed by atoms with E-state index >= 15 is 0 Å². The Morgan fingerprint density at radius 2 is 1.40 bits per heavy atom. The van der Waals surface area contributed by atoms with Crippen LogP contribution in [0.15, 0.2) is 54.6 Å². The Morgan fingerprint density at radius 3 is 2.25 bits per heavy atom. The van der Waals surface area contributed by atoms with Crippen molar-refractivity contribution in [2.45, 2.75) is 13.8 Å². The summed E-state index contributed by atoms with van der Waals surface area (Å²) in [6.07, 6.45) is 0. The Labute approximate surface area is 118 Å². The average molecular weight is 264 g/mol. The fourth-order valence-electron chi connectivity index (χ4n) is 2.31. The second kappa shape index (κ2) is 4.89. The van der Waals surface area contributed by atoms with Crippen molar-refractivity contribution in [3.8, 4) is 17.2 Å². The van der Waals surface area contributed by atoms with Crippen LogP contribution >= 0.6 is 0 Å². The Balaban J connectivity index is 2.12. The molecule has 0 spiro atoms. The first-order valence-electron chi connectivity index (χ1n) is 6.61. The van der Waals surface area contributed by atoms with Crippen LogP contribution in [0.4, 0.5) is 0 Å². The van der Waals surface area contributed by atoms with Crippen molar-refractivity contribution < 1.29 is 9.84 Å². The summed E-state index contributed by atoms with van der Waals surface area (Å²) >= 11 is 0. The first kappa shape index (κ1) is 12.5. The van der Waals surface area contributed by atoms with Gasteiger partial charge < -0.3 is 9.84 Å². The number of aryl methyl sites for hydroxylation is 1. The molecule has 0 saturated heterocycles. The third-order valence-corrected chi connectivity index (χ3v) is 3.63. The molecule has 0 amide bonds. The molecule has 20 heavy (non-hydrogen) atoms. The quantitative estimate of drug-likeness (QED) is 0.709. The van der Waals surface area contributed by atoms with Gasteiger partial charge >= 0.3 is 0 Å². The van der Waals surface area contributed by atoms with Gasteiger partial charge in [-0.1, -0.05) is 36.4 Å². The molecule has 0 radical (unpaired) electrons. The summed E-state index contributed by atoms with van der Waals surface area (Å²) in [6.45, 7) is 4.12. The highest BCUT2D eigenvalue weighted by molar-refractivity contribution is 5.93. The molecule has 0 aliphatic carbocycles. The number of hydrogen-bond donors (Lipinski definition) is 1. The number of phenolic OH excluding ortho intramolecular Hbond substituents is 1. The molecule has 0 aliphatic rings. The molecule has 0 unspecified atom stereocenters. The van der Waals surface area contributed by atoms with Crippen molar-refractivity contribution in [2.75, 3.05) is 0 Å². The highest BCUT2D eigenvalue weighted by atomic mass is 16.5. The summed E-state index contributed by atoms with van der Waals surface area (Å²) in [5.74, 6) is 1.88. The molecule has 0 aliphatic heterocycles. The van der Waals surface area contributed by atoms with E-state index in [1.54, 1.807) is 6.07 Å². The monoisotopic (exact) mass is 264 g/mol. The van der Waals surface area contributed by atoms with E-state index in [1.165, 1.54) is 5.56 Å². The number of phenols is 1. The van der Waals surface area contributed by atoms with Gasteiger partial charge in [0.2, 0.25) is 0 Å². The van der Waals surface area contributed by atoms with E-state index in [2.05, 4.69) is 13.0 Å². The van der Waals surface area contributed by atoms with Crippen molar-refractivity contribution in [1.82, 2.24) is 0 Å². The van der Waals surface area contributed by atoms with E-state index in [0.29, 0.717) is 0 Å². The minimum atomic E-state index is 0.272. The minimum Gasteiger partial charge on any atom is -0.507 e. The van der Waals surface area contributed by atoms with E-state index in [4.69, 9.17) is 4.74 Å². The Bertz CT molecular complexity index is 775. The van der Waals surface area contributed by atoms with Crippen molar-refractivity contribution in [3.05, 3.63) is 65.7 Å². The largest absolute Gasteiger partial charge is 0.507 e. The summed E-state index contributed by atoms with van der Waals surface area (Å²) in [7, 11) is 0. The number of hydrogen-bond acceptors (Lipinski definition) is 2. The lowest BCUT2D eigenvalue weighted by Crippen LogP contribution is -1.90. The standard InChI is InChI=1S/C18H16O2/c1-12-6-3-10-17(13(12)2)20-18-11-5-7-14-15(18)8-4-9-16(14)19/h3-11,19H,1-2H3. The van der Waals surface area contributed by atoms with Crippen molar-refractivity contribution >= 4 is 10.8 Å². The zero-order valence-electron chi connectivity index (χ0n) is 11.6. The molecule has 3 rings (SSSR count). The molecule has 2 heteroatoms. The van der Waals surface area contributed by atoms with E-state index in [-0.39, 0.29) is 5.75 Å². The summed E-state index contributed by atoms with van der Waals surface area (Å²) < 4.78 is 6.05. The van der Waals surface area contributed by atoms with Gasteiger partial charge in [-0.25, -0.2) is 0 Å². The van der Waals surface area contributed by atoms with E-state index in [9.17, 15) is 5.11 Å². The third kappa shape index (κ3) is 2.10. The fraction of sp³-hybridized carbons (Fsp3) is 0.111. The first-order valence-corrected chi connectivity index (χ1v) is 6.61. The van der Waals surface area contributed by atoms with Crippen LogP contribution in [0.1, 0.15) is 11.1 Å². The maximum absolute atomic E-state index is 9.90. The number of rotatable bonds is 2. The zero-order chi connectivity index (χ0) is 14.1. The topological polar surface area (TPSA) is 29.5 Å². The normalized spacial score (nSPS) is 10.7. The smallest absolute Gasteiger partial charge is 0.135 e. The van der Waals surface area contributed by atoms with Gasteiger partial charge in [0.05, 0.1) is 0 Å². The minimum absolute atomic E-state index is 0.272. The second-order valence-corrected chi connectivity index (χ2v) is 4.93. The van der Waals surface area contributed by atoms with Gasteiger partial charge in [-0.2, -0.15) is 0 Å². The molecule has 3 aromatic rings. The zero-order valence-corrected chi connectivity index (χ0v) is 11.6. The maximum Gasteiger partial charge on any atom is 0.135 e. The van der Waals surface area contributed by atoms with Gasteiger partial charge in [-0.05, 0) is 43.2 Å². The predicted octanol–water partition coefficient (Wildman–Crippen LogP) is 4.95. The lowest BCUT2D eigenvalue weighted by atomic mass is 10.1. The number of fused-ring (bicyclic) bond motifs is 1. The maximum atomic E-state index is 9.90. The van der Waals surface area contributed by atoms with E-state index < -0.39 is 0 Å². The molecule has 1 N–H and O–H groups in total. The van der Waals surface area contributed by atoms with Gasteiger partial charge in [0.25, 0.3) is 0 Å². The van der Waals surface area contributed by atoms with Crippen molar-refractivity contribution in [3.63, 3.8) is 0 Å². The van der Waals surface area contributed by atoms with E-state index in [0.717, 1.165) is 27.8 Å². The summed E-state index contributed by atoms with van der Waals surface area (Å²) in [6, 6.07) is 17.2. The Morgan fingerprint density at radius 1 is 0.750 bits per heavy atom. The van der Waals surface area contributed by atoms with Crippen LogP contribution in [0.3, 0.4) is 0 Å². The van der Waals surface area contributed by atoms with Crippen LogP contribution in [0, 0.1) is 13.8 Å². The van der Waals surface area contributed by atoms with Gasteiger partial charge in [-0.15, -0.1) is 0 Å². The van der Waals surface area contributed by atoms with Crippen LogP contribution in [0.5, 0.6) is 17.2 Å². The predicted molar refractivity (Wildman–Crippen MR) is 81.6 cm³/mol. The molecule has 3 aromatic carbocycles. The molecule has 0 saturated carbocycles. The van der Waals surface area contributed by atoms with E-state index in [1.807, 2.05) is 49.4 Å². The fourth-order valence-corrected chi connectivity index (χ4v) is 2.31. The second-order valence-electron chi connectivity index (χ2n) is 4.93. The van der Waals surface area contributed by atoms with Crippen molar-refractivity contribution in [1.29, 1.82) is 0 Å². The Kier molecular flexibility index (Phi) is 3.07. The number of benzene rings is 3. The van der Waals surface area contributed by atoms with Gasteiger partial charge in [0.1, 0.15) is 17.2 Å². The van der Waals surface area contributed by atoms with Gasteiger partial charge in [0, 0.05) is 10.8 Å². The highest BCUT2D eigenvalue weighted by Crippen LogP contribution is 2.35. The molecule has 0 atom stereocenters. The lowest BCUT2D eigenvalue weighted by Gasteiger charge is -2.12. The molecule has 0 fully saturated rings. The molecule has 100 valence electrons. The molecule has 2 nitrogen and oxygen atoms in total. The van der Waals surface area contributed by atoms with Crippen LogP contribution in [0.2, 0.25) is 0 Å². The van der Waals surface area contributed by atoms with Crippen LogP contribution in [0.25, 0.3) is 10.8 Å². The number of aromatic hydroxyl groups is 1. The molecule has 0 bridgehead atoms. The average Bonchev–Trinajstić information content (AvgIpc) is 2.45. The summed E-state index contributed by atoms with van der Waals surface area (Å²) in [5, 5.41) is 11.6. The van der Waals surface area contributed by atoms with Crippen LogP contribution in [-0.2, 0) is 0 Å². The lowest BCUT2D eigenvalue weighted by molar-refractivity contribution is 0.477. The highest BCUT2D eigenvalue weighted by Gasteiger charge is 2.08. The van der Waals surface area contributed by atoms with Crippen LogP contribution in [-0.4, -0.2) is 5.11 Å². The van der Waals surface area contributed by atoms with Crippen molar-refractivity contribution in [2.24, 2.45) is 0 Å². The molecular weight excluding hydrogens is 248 g/mol. The third-order valence-electron chi connectivity index (χ3n) is 3.63. The summed E-state index contributed by atoms with van der Waals surface area (Å²) in [4.78, 5) is 0.